The van der Waals surface area contributed by atoms with E-state index in [9.17, 15) is 13.2 Å². The molecule has 3 aromatic rings. The van der Waals surface area contributed by atoms with Crippen LogP contribution in [0.4, 0.5) is 11.4 Å². The van der Waals surface area contributed by atoms with Crippen LogP contribution in [-0.4, -0.2) is 27.5 Å². The molecule has 0 saturated carbocycles. The first kappa shape index (κ1) is 19.0. The Morgan fingerprint density at radius 1 is 0.966 bits per heavy atom. The molecule has 29 heavy (non-hydrogen) atoms. The van der Waals surface area contributed by atoms with Crippen molar-refractivity contribution in [2.75, 3.05) is 22.8 Å². The van der Waals surface area contributed by atoms with Crippen LogP contribution in [0.15, 0.2) is 77.7 Å². The van der Waals surface area contributed by atoms with Gasteiger partial charge in [-0.05, 0) is 31.2 Å². The summed E-state index contributed by atoms with van der Waals surface area (Å²) in [5.74, 6) is 0.201. The molecular formula is C22H20N2O4S. The molecule has 1 aliphatic heterocycles. The number of sulfonamides is 1. The minimum absolute atomic E-state index is 0.199. The Balaban J connectivity index is 1.65. The van der Waals surface area contributed by atoms with Gasteiger partial charge in [0.25, 0.3) is 10.0 Å². The smallest absolute Gasteiger partial charge is 0.265 e. The zero-order valence-corrected chi connectivity index (χ0v) is 16.6. The Hall–Kier alpha value is -3.32. The molecule has 0 atom stereocenters. The minimum atomic E-state index is -3.85. The number of benzene rings is 3. The van der Waals surface area contributed by atoms with Crippen molar-refractivity contribution in [3.05, 3.63) is 72.8 Å². The molecule has 0 unspecified atom stereocenters. The van der Waals surface area contributed by atoms with Crippen molar-refractivity contribution >= 4 is 27.3 Å². The van der Waals surface area contributed by atoms with Gasteiger partial charge in [0.05, 0.1) is 17.2 Å². The van der Waals surface area contributed by atoms with E-state index >= 15 is 0 Å². The molecule has 1 aliphatic rings. The van der Waals surface area contributed by atoms with E-state index in [1.165, 1.54) is 0 Å². The van der Waals surface area contributed by atoms with Gasteiger partial charge in [0.15, 0.2) is 0 Å². The summed E-state index contributed by atoms with van der Waals surface area (Å²) in [6.07, 6.45) is 0. The highest BCUT2D eigenvalue weighted by atomic mass is 32.2. The molecular weight excluding hydrogens is 388 g/mol. The molecule has 3 aromatic carbocycles. The number of carbonyl (C=O) groups is 1. The van der Waals surface area contributed by atoms with Crippen molar-refractivity contribution < 1.29 is 17.9 Å². The number of nitrogens with zero attached hydrogens (tertiary/aromatic N) is 1. The summed E-state index contributed by atoms with van der Waals surface area (Å²) in [6, 6.07) is 21.0. The molecule has 6 nitrogen and oxygen atoms in total. The maximum absolute atomic E-state index is 13.2. The quantitative estimate of drug-likeness (QED) is 0.695. The van der Waals surface area contributed by atoms with E-state index in [-0.39, 0.29) is 11.4 Å². The van der Waals surface area contributed by atoms with Gasteiger partial charge in [-0.1, -0.05) is 42.5 Å². The van der Waals surface area contributed by atoms with Crippen LogP contribution in [0.5, 0.6) is 5.75 Å². The molecule has 1 amide bonds. The maximum atomic E-state index is 13.2. The molecule has 4 rings (SSSR count). The molecule has 0 spiro atoms. The van der Waals surface area contributed by atoms with Gasteiger partial charge in [0, 0.05) is 22.9 Å². The topological polar surface area (TPSA) is 75.7 Å². The summed E-state index contributed by atoms with van der Waals surface area (Å²) in [5.41, 5.74) is 2.46. The van der Waals surface area contributed by atoms with Crippen molar-refractivity contribution in [2.45, 2.75) is 11.8 Å². The first-order valence-corrected chi connectivity index (χ1v) is 10.7. The molecule has 0 radical (unpaired) electrons. The average molecular weight is 408 g/mol. The molecule has 0 aromatic heterocycles. The number of para-hydroxylation sites is 1. The van der Waals surface area contributed by atoms with E-state index in [0.717, 1.165) is 9.87 Å². The third-order valence-corrected chi connectivity index (χ3v) is 6.45. The van der Waals surface area contributed by atoms with Crippen LogP contribution in [0.2, 0.25) is 0 Å². The van der Waals surface area contributed by atoms with Crippen LogP contribution in [0.3, 0.4) is 0 Å². The van der Waals surface area contributed by atoms with Crippen molar-refractivity contribution in [1.29, 1.82) is 0 Å². The molecule has 1 heterocycles. The highest BCUT2D eigenvalue weighted by molar-refractivity contribution is 7.93. The zero-order chi connectivity index (χ0) is 20.4. The lowest BCUT2D eigenvalue weighted by Crippen LogP contribution is -2.40. The second kappa shape index (κ2) is 7.60. The van der Waals surface area contributed by atoms with Gasteiger partial charge < -0.3 is 10.1 Å². The maximum Gasteiger partial charge on any atom is 0.265 e. The van der Waals surface area contributed by atoms with Crippen LogP contribution in [0.1, 0.15) is 6.92 Å². The summed E-state index contributed by atoms with van der Waals surface area (Å²) >= 11 is 0. The molecule has 7 heteroatoms. The SMILES string of the molecule is CCOc1cccc(NC(=O)CN2c3ccccc3-c3ccccc3S2(=O)=O)c1. The highest BCUT2D eigenvalue weighted by Gasteiger charge is 2.35. The van der Waals surface area contributed by atoms with Crippen molar-refractivity contribution in [1.82, 2.24) is 0 Å². The molecule has 0 bridgehead atoms. The van der Waals surface area contributed by atoms with Gasteiger partial charge in [-0.15, -0.1) is 0 Å². The lowest BCUT2D eigenvalue weighted by molar-refractivity contribution is -0.114. The van der Waals surface area contributed by atoms with Gasteiger partial charge in [-0.2, -0.15) is 0 Å². The summed E-state index contributed by atoms with van der Waals surface area (Å²) in [6.45, 7) is 2.06. The largest absolute Gasteiger partial charge is 0.494 e. The summed E-state index contributed by atoms with van der Waals surface area (Å²) in [5, 5.41) is 2.76. The number of carbonyl (C=O) groups excluding carboxylic acids is 1. The Morgan fingerprint density at radius 2 is 1.69 bits per heavy atom. The third-order valence-electron chi connectivity index (χ3n) is 4.63. The number of nitrogens with one attached hydrogen (secondary N) is 1. The van der Waals surface area contributed by atoms with Crippen LogP contribution in [0, 0.1) is 0 Å². The number of amides is 1. The highest BCUT2D eigenvalue weighted by Crippen LogP contribution is 2.42. The van der Waals surface area contributed by atoms with Gasteiger partial charge in [-0.3, -0.25) is 9.10 Å². The lowest BCUT2D eigenvalue weighted by Gasteiger charge is -2.31. The first-order chi connectivity index (χ1) is 14.0. The Morgan fingerprint density at radius 3 is 2.48 bits per heavy atom. The molecule has 0 saturated heterocycles. The Bertz CT molecular complexity index is 1170. The van der Waals surface area contributed by atoms with E-state index < -0.39 is 15.9 Å². The van der Waals surface area contributed by atoms with Gasteiger partial charge in [0.1, 0.15) is 12.3 Å². The van der Waals surface area contributed by atoms with Crippen LogP contribution in [0.25, 0.3) is 11.1 Å². The number of ether oxygens (including phenoxy) is 1. The number of hydrogen-bond acceptors (Lipinski definition) is 4. The van der Waals surface area contributed by atoms with Gasteiger partial charge in [-0.25, -0.2) is 8.42 Å². The monoisotopic (exact) mass is 408 g/mol. The fourth-order valence-electron chi connectivity index (χ4n) is 3.41. The predicted molar refractivity (Wildman–Crippen MR) is 113 cm³/mol. The molecule has 1 N–H and O–H groups in total. The number of rotatable bonds is 5. The van der Waals surface area contributed by atoms with E-state index in [1.54, 1.807) is 60.7 Å². The number of anilines is 2. The predicted octanol–water partition coefficient (Wildman–Crippen LogP) is 3.90. The van der Waals surface area contributed by atoms with Crippen LogP contribution in [-0.2, 0) is 14.8 Å². The fourth-order valence-corrected chi connectivity index (χ4v) is 5.06. The first-order valence-electron chi connectivity index (χ1n) is 9.24. The second-order valence-corrected chi connectivity index (χ2v) is 8.36. The van der Waals surface area contributed by atoms with E-state index in [0.29, 0.717) is 29.3 Å². The summed E-state index contributed by atoms with van der Waals surface area (Å²) < 4.78 is 33.0. The fraction of sp³-hybridized carbons (Fsp3) is 0.136. The average Bonchev–Trinajstić information content (AvgIpc) is 2.72. The van der Waals surface area contributed by atoms with E-state index in [2.05, 4.69) is 5.32 Å². The summed E-state index contributed by atoms with van der Waals surface area (Å²) in [7, 11) is -3.85. The number of hydrogen-bond donors (Lipinski definition) is 1. The van der Waals surface area contributed by atoms with Crippen LogP contribution >= 0.6 is 0 Å². The normalized spacial score (nSPS) is 13.9. The zero-order valence-electron chi connectivity index (χ0n) is 15.8. The van der Waals surface area contributed by atoms with Gasteiger partial charge in [0.2, 0.25) is 5.91 Å². The van der Waals surface area contributed by atoms with E-state index in [4.69, 9.17) is 4.74 Å². The number of fused-ring (bicyclic) bond motifs is 3. The molecule has 0 aliphatic carbocycles. The van der Waals surface area contributed by atoms with E-state index in [1.807, 2.05) is 19.1 Å². The van der Waals surface area contributed by atoms with Crippen molar-refractivity contribution in [2.24, 2.45) is 0 Å². The lowest BCUT2D eigenvalue weighted by atomic mass is 10.0. The van der Waals surface area contributed by atoms with Crippen molar-refractivity contribution in [3.63, 3.8) is 0 Å². The van der Waals surface area contributed by atoms with Crippen LogP contribution < -0.4 is 14.4 Å². The second-order valence-electron chi connectivity index (χ2n) is 6.53. The van der Waals surface area contributed by atoms with Gasteiger partial charge >= 0.3 is 0 Å². The summed E-state index contributed by atoms with van der Waals surface area (Å²) in [4.78, 5) is 12.9. The standard InChI is InChI=1S/C22H20N2O4S/c1-2-28-17-9-7-8-16(14-17)23-22(25)15-24-20-12-5-3-10-18(20)19-11-4-6-13-21(19)29(24,26)27/h3-14H,2,15H2,1H3,(H,23,25). The molecule has 148 valence electrons. The Kier molecular flexibility index (Phi) is 4.98. The van der Waals surface area contributed by atoms with Crippen molar-refractivity contribution in [3.8, 4) is 16.9 Å². The minimum Gasteiger partial charge on any atom is -0.494 e. The molecule has 0 fully saturated rings. The Labute approximate surface area is 169 Å². The third kappa shape index (κ3) is 3.56.